The Bertz CT molecular complexity index is 502. The third-order valence-corrected chi connectivity index (χ3v) is 5.26. The van der Waals surface area contributed by atoms with Gasteiger partial charge < -0.3 is 5.32 Å². The molecule has 114 valence electrons. The molecule has 20 heavy (non-hydrogen) atoms. The van der Waals surface area contributed by atoms with Crippen molar-refractivity contribution < 1.29 is 8.42 Å². The standard InChI is InChI=1S/C14H23ClN2O2S/c1-4-9-16-10-11(2)20(18,19)17-12(3)13-5-7-14(15)8-6-13/h5-8,11-12,16-17H,4,9-10H2,1-3H3. The molecule has 0 saturated carbocycles. The summed E-state index contributed by atoms with van der Waals surface area (Å²) in [4.78, 5) is 0. The molecule has 1 aromatic carbocycles. The van der Waals surface area contributed by atoms with Crippen molar-refractivity contribution in [3.8, 4) is 0 Å². The van der Waals surface area contributed by atoms with Gasteiger partial charge in [0.2, 0.25) is 10.0 Å². The van der Waals surface area contributed by atoms with Crippen LogP contribution in [0.3, 0.4) is 0 Å². The monoisotopic (exact) mass is 318 g/mol. The third kappa shape index (κ3) is 5.40. The lowest BCUT2D eigenvalue weighted by Crippen LogP contribution is -2.40. The molecule has 1 rings (SSSR count). The summed E-state index contributed by atoms with van der Waals surface area (Å²) >= 11 is 5.82. The van der Waals surface area contributed by atoms with E-state index in [1.165, 1.54) is 0 Å². The Kier molecular flexibility index (Phi) is 6.95. The van der Waals surface area contributed by atoms with Crippen LogP contribution in [0.4, 0.5) is 0 Å². The molecule has 1 aromatic rings. The van der Waals surface area contributed by atoms with Gasteiger partial charge in [0, 0.05) is 17.6 Å². The zero-order valence-corrected chi connectivity index (χ0v) is 13.8. The average molecular weight is 319 g/mol. The summed E-state index contributed by atoms with van der Waals surface area (Å²) in [7, 11) is -3.34. The predicted molar refractivity (Wildman–Crippen MR) is 84.5 cm³/mol. The number of sulfonamides is 1. The highest BCUT2D eigenvalue weighted by Gasteiger charge is 2.22. The molecule has 0 bridgehead atoms. The van der Waals surface area contributed by atoms with Crippen LogP contribution in [0.2, 0.25) is 5.02 Å². The van der Waals surface area contributed by atoms with Crippen molar-refractivity contribution in [3.05, 3.63) is 34.9 Å². The Morgan fingerprint density at radius 3 is 2.35 bits per heavy atom. The Labute approximate surface area is 127 Å². The molecule has 0 amide bonds. The quantitative estimate of drug-likeness (QED) is 0.725. The summed E-state index contributed by atoms with van der Waals surface area (Å²) in [6, 6.07) is 6.90. The topological polar surface area (TPSA) is 58.2 Å². The average Bonchev–Trinajstić information content (AvgIpc) is 2.39. The maximum atomic E-state index is 12.2. The molecule has 0 aliphatic carbocycles. The molecule has 0 spiro atoms. The van der Waals surface area contributed by atoms with Crippen molar-refractivity contribution in [2.45, 2.75) is 38.5 Å². The fourth-order valence-electron chi connectivity index (χ4n) is 1.77. The number of halogens is 1. The van der Waals surface area contributed by atoms with Crippen molar-refractivity contribution in [2.75, 3.05) is 13.1 Å². The smallest absolute Gasteiger partial charge is 0.216 e. The fourth-order valence-corrected chi connectivity index (χ4v) is 3.10. The molecule has 0 aromatic heterocycles. The second kappa shape index (κ2) is 7.98. The summed E-state index contributed by atoms with van der Waals surface area (Å²) in [6.07, 6.45) is 0.987. The Hall–Kier alpha value is -0.620. The van der Waals surface area contributed by atoms with Gasteiger partial charge in [0.15, 0.2) is 0 Å². The lowest BCUT2D eigenvalue weighted by Gasteiger charge is -2.19. The van der Waals surface area contributed by atoms with Gasteiger partial charge in [-0.2, -0.15) is 0 Å². The maximum Gasteiger partial charge on any atom is 0.216 e. The minimum atomic E-state index is -3.34. The van der Waals surface area contributed by atoms with Crippen LogP contribution in [0.1, 0.15) is 38.8 Å². The predicted octanol–water partition coefficient (Wildman–Crippen LogP) is 2.71. The highest BCUT2D eigenvalue weighted by Crippen LogP contribution is 2.17. The zero-order chi connectivity index (χ0) is 15.2. The first-order chi connectivity index (χ1) is 9.36. The van der Waals surface area contributed by atoms with Crippen molar-refractivity contribution >= 4 is 21.6 Å². The highest BCUT2D eigenvalue weighted by atomic mass is 35.5. The molecular formula is C14H23ClN2O2S. The van der Waals surface area contributed by atoms with Crippen LogP contribution in [-0.2, 0) is 10.0 Å². The highest BCUT2D eigenvalue weighted by molar-refractivity contribution is 7.90. The van der Waals surface area contributed by atoms with E-state index in [-0.39, 0.29) is 6.04 Å². The van der Waals surface area contributed by atoms with E-state index in [0.29, 0.717) is 11.6 Å². The van der Waals surface area contributed by atoms with E-state index in [0.717, 1.165) is 18.5 Å². The number of benzene rings is 1. The number of rotatable bonds is 8. The molecule has 0 fully saturated rings. The minimum absolute atomic E-state index is 0.272. The second-order valence-electron chi connectivity index (χ2n) is 4.95. The lowest BCUT2D eigenvalue weighted by atomic mass is 10.1. The zero-order valence-electron chi connectivity index (χ0n) is 12.2. The summed E-state index contributed by atoms with van der Waals surface area (Å²) in [5, 5.41) is 3.30. The summed E-state index contributed by atoms with van der Waals surface area (Å²) < 4.78 is 27.1. The molecule has 0 radical (unpaired) electrons. The van der Waals surface area contributed by atoms with Gasteiger partial charge in [-0.25, -0.2) is 13.1 Å². The largest absolute Gasteiger partial charge is 0.315 e. The van der Waals surface area contributed by atoms with Gasteiger partial charge in [-0.05, 0) is 44.5 Å². The molecule has 4 nitrogen and oxygen atoms in total. The first-order valence-corrected chi connectivity index (χ1v) is 8.76. The van der Waals surface area contributed by atoms with Crippen LogP contribution >= 0.6 is 11.6 Å². The Balaban J connectivity index is 2.63. The van der Waals surface area contributed by atoms with Crippen LogP contribution in [0.25, 0.3) is 0 Å². The SMILES string of the molecule is CCCNCC(C)S(=O)(=O)NC(C)c1ccc(Cl)cc1. The normalized spacial score (nSPS) is 15.0. The van der Waals surface area contributed by atoms with Gasteiger partial charge >= 0.3 is 0 Å². The van der Waals surface area contributed by atoms with Gasteiger partial charge in [-0.3, -0.25) is 0 Å². The van der Waals surface area contributed by atoms with Crippen molar-refractivity contribution in [3.63, 3.8) is 0 Å². The van der Waals surface area contributed by atoms with E-state index in [1.54, 1.807) is 19.1 Å². The van der Waals surface area contributed by atoms with E-state index < -0.39 is 15.3 Å². The van der Waals surface area contributed by atoms with Crippen LogP contribution in [0.15, 0.2) is 24.3 Å². The molecule has 2 atom stereocenters. The first kappa shape index (κ1) is 17.4. The molecular weight excluding hydrogens is 296 g/mol. The first-order valence-electron chi connectivity index (χ1n) is 6.84. The van der Waals surface area contributed by atoms with E-state index in [1.807, 2.05) is 26.0 Å². The van der Waals surface area contributed by atoms with Gasteiger partial charge in [0.05, 0.1) is 5.25 Å². The molecule has 0 saturated heterocycles. The van der Waals surface area contributed by atoms with Crippen molar-refractivity contribution in [1.29, 1.82) is 0 Å². The number of hydrogen-bond acceptors (Lipinski definition) is 3. The van der Waals surface area contributed by atoms with Crippen LogP contribution in [0, 0.1) is 0 Å². The summed E-state index contributed by atoms with van der Waals surface area (Å²) in [6.45, 7) is 6.86. The lowest BCUT2D eigenvalue weighted by molar-refractivity contribution is 0.544. The van der Waals surface area contributed by atoms with Crippen LogP contribution in [-0.4, -0.2) is 26.8 Å². The van der Waals surface area contributed by atoms with Crippen molar-refractivity contribution in [1.82, 2.24) is 10.0 Å². The van der Waals surface area contributed by atoms with E-state index in [9.17, 15) is 8.42 Å². The van der Waals surface area contributed by atoms with Crippen LogP contribution in [0.5, 0.6) is 0 Å². The maximum absolute atomic E-state index is 12.2. The molecule has 2 unspecified atom stereocenters. The third-order valence-electron chi connectivity index (χ3n) is 3.10. The number of nitrogens with one attached hydrogen (secondary N) is 2. The Morgan fingerprint density at radius 2 is 1.80 bits per heavy atom. The van der Waals surface area contributed by atoms with E-state index in [2.05, 4.69) is 10.0 Å². The summed E-state index contributed by atoms with van der Waals surface area (Å²) in [5.74, 6) is 0. The van der Waals surface area contributed by atoms with Crippen molar-refractivity contribution in [2.24, 2.45) is 0 Å². The molecule has 6 heteroatoms. The van der Waals surface area contributed by atoms with Gasteiger partial charge in [-0.15, -0.1) is 0 Å². The van der Waals surface area contributed by atoms with Gasteiger partial charge in [-0.1, -0.05) is 30.7 Å². The Morgan fingerprint density at radius 1 is 1.20 bits per heavy atom. The minimum Gasteiger partial charge on any atom is -0.315 e. The fraction of sp³-hybridized carbons (Fsp3) is 0.571. The second-order valence-corrected chi connectivity index (χ2v) is 7.52. The number of hydrogen-bond donors (Lipinski definition) is 2. The van der Waals surface area contributed by atoms with E-state index >= 15 is 0 Å². The molecule has 0 aliphatic rings. The van der Waals surface area contributed by atoms with Crippen LogP contribution < -0.4 is 10.0 Å². The molecule has 0 aliphatic heterocycles. The summed E-state index contributed by atoms with van der Waals surface area (Å²) in [5.41, 5.74) is 0.895. The molecule has 2 N–H and O–H groups in total. The van der Waals surface area contributed by atoms with E-state index in [4.69, 9.17) is 11.6 Å². The molecule has 0 heterocycles. The van der Waals surface area contributed by atoms with Gasteiger partial charge in [0.1, 0.15) is 0 Å². The van der Waals surface area contributed by atoms with Gasteiger partial charge in [0.25, 0.3) is 0 Å².